The highest BCUT2D eigenvalue weighted by Gasteiger charge is 2.33. The van der Waals surface area contributed by atoms with Crippen molar-refractivity contribution in [1.82, 2.24) is 10.2 Å². The van der Waals surface area contributed by atoms with Gasteiger partial charge >= 0.3 is 0 Å². The molecule has 114 valence electrons. The molecule has 1 aliphatic heterocycles. The fraction of sp³-hybridized carbons (Fsp3) is 1.00. The maximum atomic E-state index is 5.54. The van der Waals surface area contributed by atoms with Crippen molar-refractivity contribution in [3.05, 3.63) is 0 Å². The summed E-state index contributed by atoms with van der Waals surface area (Å²) in [5, 5.41) is 3.62. The molecule has 0 spiro atoms. The summed E-state index contributed by atoms with van der Waals surface area (Å²) in [6.45, 7) is 13.1. The van der Waals surface area contributed by atoms with Gasteiger partial charge in [0.15, 0.2) is 0 Å². The highest BCUT2D eigenvalue weighted by molar-refractivity contribution is 4.87. The molecule has 0 aliphatic carbocycles. The van der Waals surface area contributed by atoms with Crippen LogP contribution >= 0.6 is 0 Å². The van der Waals surface area contributed by atoms with Gasteiger partial charge in [-0.15, -0.1) is 0 Å². The van der Waals surface area contributed by atoms with Gasteiger partial charge in [-0.2, -0.15) is 0 Å². The molecule has 0 aromatic carbocycles. The standard InChI is InChI=1S/C15H32N2O2/c1-5-18-11-8-17(4)13-15(12-16-14(2)3)6-9-19-10-7-15/h14,16H,5-13H2,1-4H3. The second-order valence-electron chi connectivity index (χ2n) is 6.08. The molecule has 4 nitrogen and oxygen atoms in total. The molecule has 0 radical (unpaired) electrons. The molecule has 1 heterocycles. The third-order valence-corrected chi connectivity index (χ3v) is 3.87. The Morgan fingerprint density at radius 2 is 2.00 bits per heavy atom. The molecule has 0 amide bonds. The molecule has 19 heavy (non-hydrogen) atoms. The summed E-state index contributed by atoms with van der Waals surface area (Å²) in [6, 6.07) is 0.549. The summed E-state index contributed by atoms with van der Waals surface area (Å²) in [5.41, 5.74) is 0.365. The molecular weight excluding hydrogens is 240 g/mol. The number of rotatable bonds is 9. The van der Waals surface area contributed by atoms with Crippen LogP contribution in [0.15, 0.2) is 0 Å². The fourth-order valence-electron chi connectivity index (χ4n) is 2.63. The molecule has 4 heteroatoms. The summed E-state index contributed by atoms with van der Waals surface area (Å²) in [5.74, 6) is 0. The van der Waals surface area contributed by atoms with Crippen LogP contribution in [0.5, 0.6) is 0 Å². The Bertz CT molecular complexity index is 228. The Balaban J connectivity index is 2.43. The van der Waals surface area contributed by atoms with Crippen molar-refractivity contribution in [2.45, 2.75) is 39.7 Å². The molecule has 0 aromatic rings. The second-order valence-corrected chi connectivity index (χ2v) is 6.08. The monoisotopic (exact) mass is 272 g/mol. The average Bonchev–Trinajstić information content (AvgIpc) is 2.38. The van der Waals surface area contributed by atoms with Crippen LogP contribution in [0.1, 0.15) is 33.6 Å². The minimum Gasteiger partial charge on any atom is -0.381 e. The van der Waals surface area contributed by atoms with E-state index in [0.717, 1.165) is 58.9 Å². The summed E-state index contributed by atoms with van der Waals surface area (Å²) in [4.78, 5) is 2.41. The summed E-state index contributed by atoms with van der Waals surface area (Å²) in [7, 11) is 2.20. The SMILES string of the molecule is CCOCCN(C)CC1(CNC(C)C)CCOCC1. The van der Waals surface area contributed by atoms with Crippen LogP contribution in [-0.2, 0) is 9.47 Å². The van der Waals surface area contributed by atoms with E-state index in [1.54, 1.807) is 0 Å². The van der Waals surface area contributed by atoms with Crippen LogP contribution in [0, 0.1) is 5.41 Å². The van der Waals surface area contributed by atoms with Crippen LogP contribution in [0.25, 0.3) is 0 Å². The minimum absolute atomic E-state index is 0.365. The van der Waals surface area contributed by atoms with E-state index in [2.05, 4.69) is 31.1 Å². The van der Waals surface area contributed by atoms with Gasteiger partial charge in [0.1, 0.15) is 0 Å². The summed E-state index contributed by atoms with van der Waals surface area (Å²) in [6.07, 6.45) is 2.32. The average molecular weight is 272 g/mol. The molecule has 0 aromatic heterocycles. The van der Waals surface area contributed by atoms with Crippen molar-refractivity contribution in [1.29, 1.82) is 0 Å². The highest BCUT2D eigenvalue weighted by atomic mass is 16.5. The van der Waals surface area contributed by atoms with Gasteiger partial charge in [0, 0.05) is 45.5 Å². The molecule has 1 saturated heterocycles. The molecule has 1 aliphatic rings. The van der Waals surface area contributed by atoms with Crippen molar-refractivity contribution < 1.29 is 9.47 Å². The van der Waals surface area contributed by atoms with E-state index in [-0.39, 0.29) is 0 Å². The number of ether oxygens (including phenoxy) is 2. The van der Waals surface area contributed by atoms with Crippen LogP contribution in [0.4, 0.5) is 0 Å². The van der Waals surface area contributed by atoms with Crippen molar-refractivity contribution in [2.24, 2.45) is 5.41 Å². The zero-order valence-electron chi connectivity index (χ0n) is 13.2. The summed E-state index contributed by atoms with van der Waals surface area (Å²) < 4.78 is 11.0. The number of nitrogens with one attached hydrogen (secondary N) is 1. The van der Waals surface area contributed by atoms with E-state index in [1.807, 2.05) is 6.92 Å². The van der Waals surface area contributed by atoms with E-state index >= 15 is 0 Å². The Labute approximate surface area is 118 Å². The number of likely N-dealkylation sites (N-methyl/N-ethyl adjacent to an activating group) is 1. The lowest BCUT2D eigenvalue weighted by Crippen LogP contribution is -2.48. The van der Waals surface area contributed by atoms with Crippen molar-refractivity contribution >= 4 is 0 Å². The first kappa shape index (κ1) is 16.9. The van der Waals surface area contributed by atoms with Crippen molar-refractivity contribution in [3.63, 3.8) is 0 Å². The van der Waals surface area contributed by atoms with Crippen LogP contribution in [-0.4, -0.2) is 64.1 Å². The molecule has 1 N–H and O–H groups in total. The first-order valence-corrected chi connectivity index (χ1v) is 7.65. The lowest BCUT2D eigenvalue weighted by atomic mass is 9.79. The van der Waals surface area contributed by atoms with Gasteiger partial charge < -0.3 is 19.7 Å². The van der Waals surface area contributed by atoms with Gasteiger partial charge in [0.2, 0.25) is 0 Å². The predicted octanol–water partition coefficient (Wildman–Crippen LogP) is 1.75. The predicted molar refractivity (Wildman–Crippen MR) is 79.6 cm³/mol. The van der Waals surface area contributed by atoms with Crippen molar-refractivity contribution in [3.8, 4) is 0 Å². The van der Waals surface area contributed by atoms with Gasteiger partial charge in [-0.1, -0.05) is 13.8 Å². The zero-order chi connectivity index (χ0) is 14.1. The Morgan fingerprint density at radius 1 is 1.32 bits per heavy atom. The minimum atomic E-state index is 0.365. The third kappa shape index (κ3) is 6.70. The maximum Gasteiger partial charge on any atom is 0.0593 e. The number of nitrogens with zero attached hydrogens (tertiary/aromatic N) is 1. The topological polar surface area (TPSA) is 33.7 Å². The van der Waals surface area contributed by atoms with Gasteiger partial charge in [-0.25, -0.2) is 0 Å². The summed E-state index contributed by atoms with van der Waals surface area (Å²) >= 11 is 0. The van der Waals surface area contributed by atoms with Gasteiger partial charge in [-0.3, -0.25) is 0 Å². The Kier molecular flexibility index (Phi) is 7.91. The maximum absolute atomic E-state index is 5.54. The van der Waals surface area contributed by atoms with Gasteiger partial charge in [0.25, 0.3) is 0 Å². The van der Waals surface area contributed by atoms with E-state index < -0.39 is 0 Å². The van der Waals surface area contributed by atoms with Gasteiger partial charge in [0.05, 0.1) is 6.61 Å². The van der Waals surface area contributed by atoms with E-state index in [4.69, 9.17) is 9.47 Å². The third-order valence-electron chi connectivity index (χ3n) is 3.87. The highest BCUT2D eigenvalue weighted by Crippen LogP contribution is 2.30. The first-order valence-electron chi connectivity index (χ1n) is 7.65. The molecule has 1 rings (SSSR count). The lowest BCUT2D eigenvalue weighted by Gasteiger charge is -2.40. The van der Waals surface area contributed by atoms with Crippen molar-refractivity contribution in [2.75, 3.05) is 53.1 Å². The smallest absolute Gasteiger partial charge is 0.0593 e. The molecule has 0 unspecified atom stereocenters. The molecule has 0 saturated carbocycles. The molecule has 1 fully saturated rings. The molecular formula is C15H32N2O2. The quantitative estimate of drug-likeness (QED) is 0.648. The van der Waals surface area contributed by atoms with E-state index in [0.29, 0.717) is 11.5 Å². The largest absolute Gasteiger partial charge is 0.381 e. The van der Waals surface area contributed by atoms with Crippen LogP contribution < -0.4 is 5.32 Å². The Hall–Kier alpha value is -0.160. The molecule has 0 bridgehead atoms. The molecule has 0 atom stereocenters. The first-order chi connectivity index (χ1) is 9.08. The normalized spacial score (nSPS) is 19.3. The Morgan fingerprint density at radius 3 is 2.58 bits per heavy atom. The number of hydrogen-bond donors (Lipinski definition) is 1. The van der Waals surface area contributed by atoms with E-state index in [9.17, 15) is 0 Å². The van der Waals surface area contributed by atoms with E-state index in [1.165, 1.54) is 0 Å². The fourth-order valence-corrected chi connectivity index (χ4v) is 2.63. The zero-order valence-corrected chi connectivity index (χ0v) is 13.2. The van der Waals surface area contributed by atoms with Crippen LogP contribution in [0.3, 0.4) is 0 Å². The van der Waals surface area contributed by atoms with Crippen LogP contribution in [0.2, 0.25) is 0 Å². The second kappa shape index (κ2) is 8.90. The van der Waals surface area contributed by atoms with Gasteiger partial charge in [-0.05, 0) is 32.2 Å². The lowest BCUT2D eigenvalue weighted by molar-refractivity contribution is -0.00499. The number of hydrogen-bond acceptors (Lipinski definition) is 4.